The number of fused-ring (bicyclic) bond motifs is 14. The first-order valence-corrected chi connectivity index (χ1v) is 19.7. The normalized spacial score (nSPS) is 12.6. The lowest BCUT2D eigenvalue weighted by Gasteiger charge is -2.20. The summed E-state index contributed by atoms with van der Waals surface area (Å²) in [5, 5.41) is 30.4. The van der Waals surface area contributed by atoms with Crippen molar-refractivity contribution in [3.63, 3.8) is 0 Å². The Balaban J connectivity index is 1.29. The summed E-state index contributed by atoms with van der Waals surface area (Å²) in [5.41, 5.74) is 11.0. The van der Waals surface area contributed by atoms with Gasteiger partial charge < -0.3 is 18.0 Å². The number of nitrogens with zero attached hydrogens (tertiary/aromatic N) is 4. The number of hydrogen-bond donors (Lipinski definition) is 0. The molecule has 0 aliphatic rings. The van der Waals surface area contributed by atoms with E-state index >= 15 is 0 Å². The molecule has 0 atom stereocenters. The summed E-state index contributed by atoms with van der Waals surface area (Å²) in [6.45, 7) is 13.3. The SMILES string of the molecule is CC(C)(C)c1ccc2c(c1)c1c3oc4ccccc4c3ccc1n2-c1ccc(C#N)c(-n2c3ccc(C(C)(C)C)cc3c3c4oc5ccccc5c4ccc32)c1C#N. The van der Waals surface area contributed by atoms with Crippen LogP contribution in [0.5, 0.6) is 0 Å². The minimum absolute atomic E-state index is 0.0987. The van der Waals surface area contributed by atoms with Gasteiger partial charge in [0.25, 0.3) is 0 Å². The third-order valence-electron chi connectivity index (χ3n) is 12.1. The van der Waals surface area contributed by atoms with Gasteiger partial charge in [-0.1, -0.05) is 90.1 Å². The van der Waals surface area contributed by atoms with E-state index < -0.39 is 0 Å². The summed E-state index contributed by atoms with van der Waals surface area (Å²) in [5.74, 6) is 0. The predicted molar refractivity (Wildman–Crippen MR) is 237 cm³/mol. The van der Waals surface area contributed by atoms with E-state index in [1.807, 2.05) is 48.5 Å². The van der Waals surface area contributed by atoms with Crippen LogP contribution in [0.2, 0.25) is 0 Å². The van der Waals surface area contributed by atoms with Gasteiger partial charge >= 0.3 is 0 Å². The highest BCUT2D eigenvalue weighted by molar-refractivity contribution is 6.25. The Morgan fingerprint density at radius 2 is 0.948 bits per heavy atom. The molecule has 0 fully saturated rings. The van der Waals surface area contributed by atoms with Gasteiger partial charge in [-0.3, -0.25) is 0 Å². The molecule has 4 heterocycles. The second-order valence-corrected chi connectivity index (χ2v) is 17.6. The van der Waals surface area contributed by atoms with E-state index in [1.54, 1.807) is 0 Å². The van der Waals surface area contributed by atoms with Crippen LogP contribution in [0.15, 0.2) is 130 Å². The molecule has 0 unspecified atom stereocenters. The Kier molecular flexibility index (Phi) is 6.82. The number of rotatable bonds is 2. The van der Waals surface area contributed by atoms with E-state index in [9.17, 15) is 10.5 Å². The van der Waals surface area contributed by atoms with Crippen molar-refractivity contribution in [3.05, 3.63) is 144 Å². The molecule has 0 radical (unpaired) electrons. The Bertz CT molecular complexity index is 3670. The van der Waals surface area contributed by atoms with Gasteiger partial charge in [-0.25, -0.2) is 0 Å². The van der Waals surface area contributed by atoms with E-state index in [0.717, 1.165) is 87.5 Å². The molecule has 0 N–H and O–H groups in total. The predicted octanol–water partition coefficient (Wildman–Crippen LogP) is 14.0. The molecule has 0 saturated heterocycles. The highest BCUT2D eigenvalue weighted by Gasteiger charge is 2.28. The van der Waals surface area contributed by atoms with Gasteiger partial charge in [-0.2, -0.15) is 10.5 Å². The second-order valence-electron chi connectivity index (χ2n) is 17.6. The van der Waals surface area contributed by atoms with Gasteiger partial charge in [-0.05, 0) is 94.8 Å². The van der Waals surface area contributed by atoms with E-state index in [4.69, 9.17) is 8.83 Å². The van der Waals surface area contributed by atoms with E-state index in [-0.39, 0.29) is 10.8 Å². The smallest absolute Gasteiger partial charge is 0.145 e. The zero-order chi connectivity index (χ0) is 39.8. The van der Waals surface area contributed by atoms with Crippen molar-refractivity contribution >= 4 is 87.5 Å². The van der Waals surface area contributed by atoms with Crippen LogP contribution in [0, 0.1) is 22.7 Å². The highest BCUT2D eigenvalue weighted by atomic mass is 16.3. The standard InChI is InChI=1S/C52H38N4O2/c1-51(2,3)30-16-21-39-36(25-30)46-42(23-18-34-32-11-7-9-13-44(32)57-49(34)46)55(39)41-20-15-29(27-53)48(38(41)28-54)56-40-22-17-31(52(4,5)6)26-37(40)47-43(56)24-19-35-33-12-8-10-14-45(33)58-50(35)47/h7-26H,1-6H3. The molecule has 7 aromatic carbocycles. The molecular weight excluding hydrogens is 713 g/mol. The number of nitriles is 2. The van der Waals surface area contributed by atoms with Gasteiger partial charge in [0.15, 0.2) is 0 Å². The van der Waals surface area contributed by atoms with Crippen molar-refractivity contribution in [1.82, 2.24) is 9.13 Å². The van der Waals surface area contributed by atoms with Crippen LogP contribution in [0.1, 0.15) is 63.8 Å². The number of furan rings is 2. The van der Waals surface area contributed by atoms with Crippen molar-refractivity contribution in [3.8, 4) is 23.5 Å². The van der Waals surface area contributed by atoms with Crippen LogP contribution in [0.25, 0.3) is 98.9 Å². The Morgan fingerprint density at radius 1 is 0.466 bits per heavy atom. The highest BCUT2D eigenvalue weighted by Crippen LogP contribution is 2.46. The topological polar surface area (TPSA) is 83.7 Å². The van der Waals surface area contributed by atoms with E-state index in [0.29, 0.717) is 22.5 Å². The molecule has 0 spiro atoms. The third kappa shape index (κ3) is 4.58. The lowest BCUT2D eigenvalue weighted by Crippen LogP contribution is -2.11. The fourth-order valence-corrected chi connectivity index (χ4v) is 9.21. The number of hydrogen-bond acceptors (Lipinski definition) is 4. The average molecular weight is 751 g/mol. The summed E-state index contributed by atoms with van der Waals surface area (Å²) in [4.78, 5) is 0. The van der Waals surface area contributed by atoms with Gasteiger partial charge in [0.2, 0.25) is 0 Å². The summed E-state index contributed by atoms with van der Waals surface area (Å²) >= 11 is 0. The second kappa shape index (κ2) is 11.6. The maximum atomic E-state index is 11.4. The lowest BCUT2D eigenvalue weighted by atomic mass is 9.86. The Hall–Kier alpha value is -7.28. The van der Waals surface area contributed by atoms with Crippen molar-refractivity contribution in [2.45, 2.75) is 52.4 Å². The van der Waals surface area contributed by atoms with Crippen molar-refractivity contribution < 1.29 is 8.83 Å². The first kappa shape index (κ1) is 34.0. The maximum Gasteiger partial charge on any atom is 0.145 e. The average Bonchev–Trinajstić information content (AvgIpc) is 3.96. The first-order valence-electron chi connectivity index (χ1n) is 19.7. The molecule has 11 rings (SSSR count). The molecule has 0 saturated carbocycles. The molecule has 0 aliphatic heterocycles. The molecule has 11 aromatic rings. The zero-order valence-electron chi connectivity index (χ0n) is 33.2. The minimum atomic E-state index is -0.116. The fourth-order valence-electron chi connectivity index (χ4n) is 9.21. The molecule has 0 bridgehead atoms. The van der Waals surface area contributed by atoms with Crippen LogP contribution in [-0.4, -0.2) is 9.13 Å². The molecule has 4 aromatic heterocycles. The minimum Gasteiger partial charge on any atom is -0.455 e. The van der Waals surface area contributed by atoms with Crippen LogP contribution in [0.3, 0.4) is 0 Å². The van der Waals surface area contributed by atoms with Gasteiger partial charge in [0.1, 0.15) is 40.0 Å². The van der Waals surface area contributed by atoms with Crippen molar-refractivity contribution in [1.29, 1.82) is 10.5 Å². The summed E-state index contributed by atoms with van der Waals surface area (Å²) in [6.07, 6.45) is 0. The van der Waals surface area contributed by atoms with Crippen molar-refractivity contribution in [2.75, 3.05) is 0 Å². The molecule has 58 heavy (non-hydrogen) atoms. The summed E-state index contributed by atoms with van der Waals surface area (Å²) in [7, 11) is 0. The van der Waals surface area contributed by atoms with Gasteiger partial charge in [0, 0.05) is 32.3 Å². The number of para-hydroxylation sites is 2. The molecule has 0 amide bonds. The van der Waals surface area contributed by atoms with E-state index in [1.165, 1.54) is 11.1 Å². The Labute approximate surface area is 334 Å². The first-order chi connectivity index (χ1) is 28.0. The maximum absolute atomic E-state index is 11.4. The third-order valence-corrected chi connectivity index (χ3v) is 12.1. The molecule has 278 valence electrons. The molecular formula is C52H38N4O2. The van der Waals surface area contributed by atoms with Crippen LogP contribution < -0.4 is 0 Å². The van der Waals surface area contributed by atoms with E-state index in [2.05, 4.69) is 136 Å². The molecule has 6 nitrogen and oxygen atoms in total. The lowest BCUT2D eigenvalue weighted by molar-refractivity contribution is 0.591. The van der Waals surface area contributed by atoms with Crippen LogP contribution >= 0.6 is 0 Å². The quantitative estimate of drug-likeness (QED) is 0.176. The van der Waals surface area contributed by atoms with Crippen LogP contribution in [0.4, 0.5) is 0 Å². The summed E-state index contributed by atoms with van der Waals surface area (Å²) < 4.78 is 17.6. The molecule has 6 heteroatoms. The van der Waals surface area contributed by atoms with Crippen molar-refractivity contribution in [2.24, 2.45) is 0 Å². The number of aromatic nitrogens is 2. The zero-order valence-corrected chi connectivity index (χ0v) is 33.2. The van der Waals surface area contributed by atoms with Gasteiger partial charge in [-0.15, -0.1) is 0 Å². The fraction of sp³-hybridized carbons (Fsp3) is 0.154. The Morgan fingerprint density at radius 3 is 1.45 bits per heavy atom. The van der Waals surface area contributed by atoms with Crippen LogP contribution in [-0.2, 0) is 10.8 Å². The monoisotopic (exact) mass is 750 g/mol. The summed E-state index contributed by atoms with van der Waals surface area (Å²) in [6, 6.07) is 46.8. The number of benzene rings is 7. The molecule has 0 aliphatic carbocycles. The van der Waals surface area contributed by atoms with Gasteiger partial charge in [0.05, 0.1) is 49.8 Å². The largest absolute Gasteiger partial charge is 0.455 e.